The minimum Gasteiger partial charge on any atom is -0.447 e. The van der Waals surface area contributed by atoms with Crippen LogP contribution in [0.3, 0.4) is 0 Å². The van der Waals surface area contributed by atoms with Crippen LogP contribution in [0.2, 0.25) is 0 Å². The van der Waals surface area contributed by atoms with Gasteiger partial charge in [0.1, 0.15) is 23.9 Å². The summed E-state index contributed by atoms with van der Waals surface area (Å²) in [6.07, 6.45) is 5.24. The van der Waals surface area contributed by atoms with Crippen LogP contribution in [-0.4, -0.2) is 41.8 Å². The lowest BCUT2D eigenvalue weighted by molar-refractivity contribution is -0.122. The predicted molar refractivity (Wildman–Crippen MR) is 128 cm³/mol. The summed E-state index contributed by atoms with van der Waals surface area (Å²) in [6.45, 7) is 6.98. The van der Waals surface area contributed by atoms with Crippen molar-refractivity contribution in [2.24, 2.45) is 5.92 Å². The first-order valence-corrected chi connectivity index (χ1v) is 11.8. The van der Waals surface area contributed by atoms with E-state index in [1.807, 2.05) is 44.2 Å². The third-order valence-corrected chi connectivity index (χ3v) is 6.65. The summed E-state index contributed by atoms with van der Waals surface area (Å²) in [4.78, 5) is 21.3. The van der Waals surface area contributed by atoms with Gasteiger partial charge in [0.05, 0.1) is 11.9 Å². The van der Waals surface area contributed by atoms with Crippen molar-refractivity contribution >= 4 is 11.5 Å². The van der Waals surface area contributed by atoms with Crippen molar-refractivity contribution in [1.29, 1.82) is 0 Å². The maximum absolute atomic E-state index is 15.0. The number of anilines is 1. The number of ketones is 1. The zero-order chi connectivity index (χ0) is 23.2. The fraction of sp³-hybridized carbons (Fsp3) is 0.407. The number of hydrogen-bond donors (Lipinski definition) is 0. The van der Waals surface area contributed by atoms with Gasteiger partial charge in [-0.3, -0.25) is 9.69 Å². The summed E-state index contributed by atoms with van der Waals surface area (Å²) in [6, 6.07) is 15.4. The number of carbonyl (C=O) groups excluding carboxylic acids is 1. The summed E-state index contributed by atoms with van der Waals surface area (Å²) >= 11 is 0. The van der Waals surface area contributed by atoms with Gasteiger partial charge in [0.15, 0.2) is 0 Å². The van der Waals surface area contributed by atoms with Gasteiger partial charge in [0.25, 0.3) is 0 Å². The molecule has 0 aliphatic carbocycles. The molecule has 1 saturated heterocycles. The topological polar surface area (TPSA) is 49.6 Å². The molecule has 1 atom stereocenters. The molecule has 0 bridgehead atoms. The Morgan fingerprint density at radius 1 is 1.06 bits per heavy atom. The molecule has 1 aliphatic heterocycles. The van der Waals surface area contributed by atoms with Crippen LogP contribution in [0.5, 0.6) is 0 Å². The van der Waals surface area contributed by atoms with Gasteiger partial charge >= 0.3 is 0 Å². The lowest BCUT2D eigenvalue weighted by Crippen LogP contribution is -2.48. The molecule has 2 aromatic carbocycles. The van der Waals surface area contributed by atoms with Gasteiger partial charge in [-0.2, -0.15) is 0 Å². The average molecular weight is 450 g/mol. The maximum atomic E-state index is 15.0. The van der Waals surface area contributed by atoms with E-state index in [-0.39, 0.29) is 23.6 Å². The molecule has 174 valence electrons. The summed E-state index contributed by atoms with van der Waals surface area (Å²) in [5, 5.41) is 0. The zero-order valence-electron chi connectivity index (χ0n) is 19.4. The number of benzene rings is 2. The van der Waals surface area contributed by atoms with Crippen LogP contribution in [0.1, 0.15) is 49.7 Å². The molecule has 33 heavy (non-hydrogen) atoms. The summed E-state index contributed by atoms with van der Waals surface area (Å²) in [7, 11) is 0. The van der Waals surface area contributed by atoms with Gasteiger partial charge in [0.2, 0.25) is 5.89 Å². The molecule has 6 heteroatoms. The first-order chi connectivity index (χ1) is 16.1. The molecule has 1 aromatic heterocycles. The van der Waals surface area contributed by atoms with E-state index in [2.05, 4.69) is 26.9 Å². The van der Waals surface area contributed by atoms with Gasteiger partial charge in [-0.25, -0.2) is 9.37 Å². The van der Waals surface area contributed by atoms with Crippen LogP contribution in [0, 0.1) is 11.7 Å². The first-order valence-electron chi connectivity index (χ1n) is 11.8. The Balaban J connectivity index is 1.43. The fourth-order valence-corrected chi connectivity index (χ4v) is 4.74. The predicted octanol–water partition coefficient (Wildman–Crippen LogP) is 5.27. The monoisotopic (exact) mass is 449 g/mol. The van der Waals surface area contributed by atoms with E-state index in [9.17, 15) is 4.79 Å². The Bertz CT molecular complexity index is 1030. The fourth-order valence-electron chi connectivity index (χ4n) is 4.74. The van der Waals surface area contributed by atoms with E-state index in [0.29, 0.717) is 31.1 Å². The van der Waals surface area contributed by atoms with Crippen LogP contribution >= 0.6 is 0 Å². The van der Waals surface area contributed by atoms with Crippen LogP contribution in [0.15, 0.2) is 65.4 Å². The van der Waals surface area contributed by atoms with Crippen LogP contribution in [0.25, 0.3) is 0 Å². The van der Waals surface area contributed by atoms with E-state index in [1.165, 1.54) is 6.07 Å². The van der Waals surface area contributed by atoms with Crippen LogP contribution < -0.4 is 4.90 Å². The van der Waals surface area contributed by atoms with Gasteiger partial charge in [-0.15, -0.1) is 0 Å². The molecule has 0 saturated carbocycles. The van der Waals surface area contributed by atoms with E-state index in [4.69, 9.17) is 4.42 Å². The molecule has 1 fully saturated rings. The molecule has 3 aromatic rings. The summed E-state index contributed by atoms with van der Waals surface area (Å²) in [5.41, 5.74) is 2.48. The second-order valence-corrected chi connectivity index (χ2v) is 8.65. The number of piperazine rings is 1. The number of carbonyl (C=O) groups is 1. The van der Waals surface area contributed by atoms with Crippen molar-refractivity contribution in [2.45, 2.75) is 39.2 Å². The van der Waals surface area contributed by atoms with Gasteiger partial charge in [-0.1, -0.05) is 50.2 Å². The van der Waals surface area contributed by atoms with E-state index in [0.717, 1.165) is 37.1 Å². The Labute approximate surface area is 195 Å². The average Bonchev–Trinajstić information content (AvgIpc) is 3.36. The Morgan fingerprint density at radius 3 is 2.39 bits per heavy atom. The number of hydrogen-bond acceptors (Lipinski definition) is 5. The SMILES string of the molecule is CCC(CC)C(=O)Cc1ccc(N2CCN([C@H](c3ccccc3)c3ncco3)CC2)c(F)c1. The largest absolute Gasteiger partial charge is 0.447 e. The quantitative estimate of drug-likeness (QED) is 0.445. The van der Waals surface area contributed by atoms with E-state index >= 15 is 4.39 Å². The molecule has 2 heterocycles. The Hall–Kier alpha value is -2.99. The molecule has 1 aliphatic rings. The third-order valence-electron chi connectivity index (χ3n) is 6.65. The highest BCUT2D eigenvalue weighted by Gasteiger charge is 2.30. The first kappa shape index (κ1) is 23.2. The molecule has 0 unspecified atom stereocenters. The van der Waals surface area contributed by atoms with Crippen molar-refractivity contribution in [2.75, 3.05) is 31.1 Å². The minimum absolute atomic E-state index is 0.0574. The maximum Gasteiger partial charge on any atom is 0.215 e. The smallest absolute Gasteiger partial charge is 0.215 e. The highest BCUT2D eigenvalue weighted by Crippen LogP contribution is 2.30. The molecule has 0 spiro atoms. The lowest BCUT2D eigenvalue weighted by atomic mass is 9.93. The number of Topliss-reactive ketones (excluding diaryl/α,β-unsaturated/α-hetero) is 1. The van der Waals surface area contributed by atoms with Crippen molar-refractivity contribution in [3.8, 4) is 0 Å². The number of aromatic nitrogens is 1. The number of nitrogens with zero attached hydrogens (tertiary/aromatic N) is 3. The number of oxazole rings is 1. The highest BCUT2D eigenvalue weighted by molar-refractivity contribution is 5.83. The standard InChI is InChI=1S/C27H32FN3O2/c1-3-21(4-2)25(32)19-20-10-11-24(23(28)18-20)30-13-15-31(16-14-30)26(27-29-12-17-33-27)22-8-6-5-7-9-22/h5-12,17-18,21,26H,3-4,13-16,19H2,1-2H3/t26-/m1/s1. The number of halogens is 1. The van der Waals surface area contributed by atoms with Gasteiger partial charge in [-0.05, 0) is 36.1 Å². The summed E-state index contributed by atoms with van der Waals surface area (Å²) < 4.78 is 20.7. The Kier molecular flexibility index (Phi) is 7.55. The molecule has 0 radical (unpaired) electrons. The second kappa shape index (κ2) is 10.8. The molecule has 4 rings (SSSR count). The zero-order valence-corrected chi connectivity index (χ0v) is 19.4. The molecular weight excluding hydrogens is 417 g/mol. The van der Waals surface area contributed by atoms with Crippen LogP contribution in [0.4, 0.5) is 10.1 Å². The third kappa shape index (κ3) is 5.33. The van der Waals surface area contributed by atoms with Crippen molar-refractivity contribution in [1.82, 2.24) is 9.88 Å². The van der Waals surface area contributed by atoms with Gasteiger partial charge in [0, 0.05) is 38.5 Å². The second-order valence-electron chi connectivity index (χ2n) is 8.65. The lowest BCUT2D eigenvalue weighted by Gasteiger charge is -2.39. The molecule has 0 amide bonds. The summed E-state index contributed by atoms with van der Waals surface area (Å²) in [5.74, 6) is 0.666. The molecular formula is C27H32FN3O2. The minimum atomic E-state index is -0.259. The highest BCUT2D eigenvalue weighted by atomic mass is 19.1. The molecule has 5 nitrogen and oxygen atoms in total. The van der Waals surface area contributed by atoms with E-state index in [1.54, 1.807) is 12.5 Å². The normalized spacial score (nSPS) is 15.7. The van der Waals surface area contributed by atoms with E-state index < -0.39 is 0 Å². The van der Waals surface area contributed by atoms with Crippen LogP contribution in [-0.2, 0) is 11.2 Å². The van der Waals surface area contributed by atoms with Gasteiger partial charge < -0.3 is 9.32 Å². The van der Waals surface area contributed by atoms with Crippen molar-refractivity contribution < 1.29 is 13.6 Å². The number of rotatable bonds is 9. The Morgan fingerprint density at radius 2 is 1.79 bits per heavy atom. The molecule has 0 N–H and O–H groups in total. The van der Waals surface area contributed by atoms with Crippen molar-refractivity contribution in [3.05, 3.63) is 83.8 Å². The van der Waals surface area contributed by atoms with Crippen molar-refractivity contribution in [3.63, 3.8) is 0 Å².